The number of unbranched alkanes of at least 4 members (excludes halogenated alkanes) is 1. The van der Waals surface area contributed by atoms with Gasteiger partial charge in [0.2, 0.25) is 0 Å². The number of benzene rings is 1. The van der Waals surface area contributed by atoms with Gasteiger partial charge in [0, 0.05) is 17.7 Å². The van der Waals surface area contributed by atoms with Crippen LogP contribution in [-0.2, 0) is 9.59 Å². The van der Waals surface area contributed by atoms with Crippen molar-refractivity contribution in [3.8, 4) is 17.4 Å². The lowest BCUT2D eigenvalue weighted by molar-refractivity contribution is -0.140. The molecule has 0 spiro atoms. The van der Waals surface area contributed by atoms with E-state index in [4.69, 9.17) is 16.0 Å². The van der Waals surface area contributed by atoms with Crippen LogP contribution in [0.25, 0.3) is 17.4 Å². The minimum atomic E-state index is -0.535. The Hall–Kier alpha value is -3.10. The maximum atomic E-state index is 12.9. The van der Waals surface area contributed by atoms with Crippen LogP contribution >= 0.6 is 11.6 Å². The van der Waals surface area contributed by atoms with Crippen molar-refractivity contribution in [2.75, 3.05) is 6.54 Å². The average molecular weight is 395 g/mol. The molecule has 5 nitrogen and oxygen atoms in total. The zero-order valence-corrected chi connectivity index (χ0v) is 16.4. The van der Waals surface area contributed by atoms with E-state index >= 15 is 0 Å². The van der Waals surface area contributed by atoms with Gasteiger partial charge in [-0.25, -0.2) is 0 Å². The molecule has 0 fully saturated rings. The molecule has 0 saturated heterocycles. The van der Waals surface area contributed by atoms with Crippen molar-refractivity contribution in [2.45, 2.75) is 26.7 Å². The Morgan fingerprint density at radius 1 is 1.18 bits per heavy atom. The molecule has 2 heterocycles. The second kappa shape index (κ2) is 8.28. The molecule has 142 valence electrons. The van der Waals surface area contributed by atoms with Crippen molar-refractivity contribution < 1.29 is 14.0 Å². The molecular weight excluding hydrogens is 376 g/mol. The normalized spacial score (nSPS) is 16.1. The van der Waals surface area contributed by atoms with Gasteiger partial charge in [-0.3, -0.25) is 14.5 Å². The van der Waals surface area contributed by atoms with Crippen LogP contribution in [0.2, 0.25) is 5.02 Å². The molecule has 1 aromatic heterocycles. The van der Waals surface area contributed by atoms with Crippen LogP contribution in [0.1, 0.15) is 32.4 Å². The van der Waals surface area contributed by atoms with Crippen molar-refractivity contribution in [2.24, 2.45) is 0 Å². The molecule has 28 heavy (non-hydrogen) atoms. The summed E-state index contributed by atoms with van der Waals surface area (Å²) in [6.45, 7) is 3.86. The first-order chi connectivity index (χ1) is 13.5. The third kappa shape index (κ3) is 3.64. The number of hydrogen-bond donors (Lipinski definition) is 0. The van der Waals surface area contributed by atoms with Crippen LogP contribution in [0.15, 0.2) is 57.5 Å². The van der Waals surface area contributed by atoms with Gasteiger partial charge in [0.25, 0.3) is 11.8 Å². The molecule has 2 aromatic rings. The summed E-state index contributed by atoms with van der Waals surface area (Å²) in [6, 6.07) is 12.7. The van der Waals surface area contributed by atoms with Gasteiger partial charge >= 0.3 is 0 Å². The number of rotatable bonds is 5. The zero-order chi connectivity index (χ0) is 20.3. The lowest BCUT2D eigenvalue weighted by atomic mass is 9.94. The summed E-state index contributed by atoms with van der Waals surface area (Å²) in [5, 5.41) is 9.96. The monoisotopic (exact) mass is 394 g/mol. The number of imide groups is 1. The van der Waals surface area contributed by atoms with Crippen molar-refractivity contribution in [1.29, 1.82) is 5.26 Å². The van der Waals surface area contributed by atoms with Crippen LogP contribution in [0, 0.1) is 11.3 Å². The maximum absolute atomic E-state index is 12.9. The molecule has 1 aromatic carbocycles. The van der Waals surface area contributed by atoms with Gasteiger partial charge in [-0.1, -0.05) is 37.1 Å². The molecular formula is C22H19ClN2O3. The number of nitrogens with zero attached hydrogens (tertiary/aromatic N) is 2. The summed E-state index contributed by atoms with van der Waals surface area (Å²) < 4.78 is 5.84. The number of halogens is 1. The van der Waals surface area contributed by atoms with Crippen LogP contribution in [0.3, 0.4) is 0 Å². The van der Waals surface area contributed by atoms with E-state index in [0.29, 0.717) is 28.5 Å². The first kappa shape index (κ1) is 19.7. The minimum Gasteiger partial charge on any atom is -0.457 e. The standard InChI is InChI=1S/C22H19ClN2O3/c1-3-4-11-25-21(26)17(14(2)18(13-24)22(25)27)12-15-9-10-20(28-15)16-7-5-6-8-19(16)23/h5-10,12H,3-4,11H2,1-2H3. The largest absolute Gasteiger partial charge is 0.457 e. The smallest absolute Gasteiger partial charge is 0.271 e. The highest BCUT2D eigenvalue weighted by Gasteiger charge is 2.35. The molecule has 0 saturated carbocycles. The predicted molar refractivity (Wildman–Crippen MR) is 107 cm³/mol. The molecule has 2 amide bonds. The summed E-state index contributed by atoms with van der Waals surface area (Å²) in [5.41, 5.74) is 1.38. The molecule has 0 radical (unpaired) electrons. The number of furan rings is 1. The van der Waals surface area contributed by atoms with E-state index in [1.54, 1.807) is 31.2 Å². The zero-order valence-electron chi connectivity index (χ0n) is 15.7. The Bertz CT molecular complexity index is 1040. The third-order valence-corrected chi connectivity index (χ3v) is 4.94. The summed E-state index contributed by atoms with van der Waals surface area (Å²) >= 11 is 6.21. The Labute approximate surface area is 168 Å². The van der Waals surface area contributed by atoms with E-state index in [-0.39, 0.29) is 17.7 Å². The van der Waals surface area contributed by atoms with Crippen molar-refractivity contribution in [3.05, 3.63) is 63.9 Å². The maximum Gasteiger partial charge on any atom is 0.271 e. The fraction of sp³-hybridized carbons (Fsp3) is 0.227. The van der Waals surface area contributed by atoms with Crippen LogP contribution in [0.4, 0.5) is 0 Å². The average Bonchev–Trinajstić information content (AvgIpc) is 3.14. The summed E-state index contributed by atoms with van der Waals surface area (Å²) in [6.07, 6.45) is 3.08. The molecule has 1 aliphatic rings. The lowest BCUT2D eigenvalue weighted by Crippen LogP contribution is -2.43. The van der Waals surface area contributed by atoms with Gasteiger partial charge in [-0.05, 0) is 49.3 Å². The Kier molecular flexibility index (Phi) is 5.81. The number of amides is 2. The van der Waals surface area contributed by atoms with Gasteiger partial charge in [-0.2, -0.15) is 5.26 Å². The highest BCUT2D eigenvalue weighted by molar-refractivity contribution is 6.33. The summed E-state index contributed by atoms with van der Waals surface area (Å²) in [7, 11) is 0. The van der Waals surface area contributed by atoms with E-state index in [9.17, 15) is 14.9 Å². The van der Waals surface area contributed by atoms with E-state index in [2.05, 4.69) is 0 Å². The van der Waals surface area contributed by atoms with E-state index in [1.165, 1.54) is 0 Å². The highest BCUT2D eigenvalue weighted by Crippen LogP contribution is 2.31. The quantitative estimate of drug-likeness (QED) is 0.528. The molecule has 3 rings (SSSR count). The molecule has 0 bridgehead atoms. The molecule has 0 atom stereocenters. The van der Waals surface area contributed by atoms with Crippen LogP contribution < -0.4 is 0 Å². The molecule has 0 aliphatic carbocycles. The van der Waals surface area contributed by atoms with Crippen LogP contribution in [-0.4, -0.2) is 23.3 Å². The van der Waals surface area contributed by atoms with Crippen molar-refractivity contribution >= 4 is 29.5 Å². The Morgan fingerprint density at radius 3 is 2.61 bits per heavy atom. The molecule has 6 heteroatoms. The lowest BCUT2D eigenvalue weighted by Gasteiger charge is -2.27. The molecule has 0 N–H and O–H groups in total. The highest BCUT2D eigenvalue weighted by atomic mass is 35.5. The first-order valence-corrected chi connectivity index (χ1v) is 9.39. The fourth-order valence-electron chi connectivity index (χ4n) is 3.03. The SMILES string of the molecule is CCCCN1C(=O)C(=Cc2ccc(-c3ccccc3Cl)o2)C(C)=C(C#N)C1=O. The second-order valence-electron chi connectivity index (χ2n) is 6.47. The minimum absolute atomic E-state index is 0.0140. The third-order valence-electron chi connectivity index (χ3n) is 4.61. The number of carbonyl (C=O) groups is 2. The van der Waals surface area contributed by atoms with Crippen molar-refractivity contribution in [3.63, 3.8) is 0 Å². The predicted octanol–water partition coefficient (Wildman–Crippen LogP) is 4.99. The molecule has 1 aliphatic heterocycles. The fourth-order valence-corrected chi connectivity index (χ4v) is 3.26. The van der Waals surface area contributed by atoms with Gasteiger partial charge in [0.1, 0.15) is 23.2 Å². The summed E-state index contributed by atoms with van der Waals surface area (Å²) in [4.78, 5) is 26.5. The number of hydrogen-bond acceptors (Lipinski definition) is 4. The van der Waals surface area contributed by atoms with Crippen molar-refractivity contribution in [1.82, 2.24) is 4.90 Å². The molecule has 0 unspecified atom stereocenters. The van der Waals surface area contributed by atoms with Gasteiger partial charge < -0.3 is 4.42 Å². The second-order valence-corrected chi connectivity index (χ2v) is 6.87. The van der Waals surface area contributed by atoms with E-state index in [0.717, 1.165) is 16.9 Å². The van der Waals surface area contributed by atoms with Gasteiger partial charge in [-0.15, -0.1) is 0 Å². The first-order valence-electron chi connectivity index (χ1n) is 9.02. The Balaban J connectivity index is 2.02. The number of nitriles is 1. The van der Waals surface area contributed by atoms with E-state index in [1.807, 2.05) is 31.2 Å². The van der Waals surface area contributed by atoms with E-state index < -0.39 is 11.8 Å². The van der Waals surface area contributed by atoms with Crippen LogP contribution in [0.5, 0.6) is 0 Å². The van der Waals surface area contributed by atoms with Gasteiger partial charge in [0.15, 0.2) is 0 Å². The Morgan fingerprint density at radius 2 is 1.93 bits per heavy atom. The van der Waals surface area contributed by atoms with Gasteiger partial charge in [0.05, 0.1) is 5.02 Å². The number of carbonyl (C=O) groups excluding carboxylic acids is 2. The summed E-state index contributed by atoms with van der Waals surface area (Å²) in [5.74, 6) is 0.0684. The topological polar surface area (TPSA) is 74.3 Å².